The summed E-state index contributed by atoms with van der Waals surface area (Å²) in [5.74, 6) is 1.15. The number of nitrogens with one attached hydrogen (secondary N) is 2. The van der Waals surface area contributed by atoms with E-state index < -0.39 is 0 Å². The average Bonchev–Trinajstić information content (AvgIpc) is 2.22. The number of rotatable bonds is 3. The first kappa shape index (κ1) is 16.8. The molecule has 4 nitrogen and oxygen atoms in total. The summed E-state index contributed by atoms with van der Waals surface area (Å²) in [6.45, 7) is 14.0. The van der Waals surface area contributed by atoms with Crippen LogP contribution in [0, 0.1) is 6.92 Å². The Hall–Kier alpha value is -1.29. The van der Waals surface area contributed by atoms with Crippen molar-refractivity contribution in [2.75, 3.05) is 10.6 Å². The molecule has 1 aromatic rings. The molecule has 5 heteroatoms. The van der Waals surface area contributed by atoms with Gasteiger partial charge in [0.15, 0.2) is 6.29 Å². The van der Waals surface area contributed by atoms with Crippen molar-refractivity contribution in [1.29, 1.82) is 0 Å². The van der Waals surface area contributed by atoms with Crippen LogP contribution in [0.15, 0.2) is 0 Å². The number of hydrogen-bond donors (Lipinski definition) is 2. The van der Waals surface area contributed by atoms with Crippen molar-refractivity contribution < 1.29 is 4.79 Å². The number of aldehydes is 1. The number of hydrogen-bond acceptors (Lipinski definition) is 4. The van der Waals surface area contributed by atoms with Crippen molar-refractivity contribution in [3.63, 3.8) is 0 Å². The van der Waals surface area contributed by atoms with Crippen LogP contribution in [0.4, 0.5) is 11.6 Å². The van der Waals surface area contributed by atoms with Gasteiger partial charge < -0.3 is 10.6 Å². The Labute approximate surface area is 126 Å². The maximum Gasteiger partial charge on any atom is 0.154 e. The number of halogens is 1. The number of nitrogens with zero attached hydrogens (tertiary/aromatic N) is 1. The minimum absolute atomic E-state index is 0.162. The van der Waals surface area contributed by atoms with E-state index in [0.29, 0.717) is 22.2 Å². The molecule has 1 heterocycles. The number of carbonyl (C=O) groups is 1. The quantitative estimate of drug-likeness (QED) is 0.818. The third-order valence-corrected chi connectivity index (χ3v) is 2.99. The lowest BCUT2D eigenvalue weighted by Gasteiger charge is -2.27. The van der Waals surface area contributed by atoms with Gasteiger partial charge in [-0.1, -0.05) is 11.6 Å². The molecule has 0 spiro atoms. The zero-order chi connectivity index (χ0) is 15.7. The van der Waals surface area contributed by atoms with Gasteiger partial charge in [0.1, 0.15) is 11.6 Å². The lowest BCUT2D eigenvalue weighted by Crippen LogP contribution is -2.30. The topological polar surface area (TPSA) is 54.0 Å². The Morgan fingerprint density at radius 2 is 1.45 bits per heavy atom. The fraction of sp³-hybridized carbons (Fsp3) is 0.600. The molecule has 0 saturated carbocycles. The smallest absolute Gasteiger partial charge is 0.154 e. The van der Waals surface area contributed by atoms with E-state index >= 15 is 0 Å². The summed E-state index contributed by atoms with van der Waals surface area (Å²) in [4.78, 5) is 15.8. The first-order valence-corrected chi connectivity index (χ1v) is 7.04. The zero-order valence-corrected chi connectivity index (χ0v) is 14.1. The molecule has 0 bridgehead atoms. The van der Waals surface area contributed by atoms with Crippen LogP contribution in [0.1, 0.15) is 57.5 Å². The highest BCUT2D eigenvalue weighted by atomic mass is 35.5. The number of pyridine rings is 1. The van der Waals surface area contributed by atoms with Crippen LogP contribution in [0.2, 0.25) is 5.02 Å². The van der Waals surface area contributed by atoms with Crippen LogP contribution in [0.3, 0.4) is 0 Å². The van der Waals surface area contributed by atoms with E-state index in [-0.39, 0.29) is 11.1 Å². The van der Waals surface area contributed by atoms with Gasteiger partial charge in [0.2, 0.25) is 0 Å². The van der Waals surface area contributed by atoms with E-state index in [0.717, 1.165) is 11.8 Å². The maximum absolute atomic E-state index is 11.3. The van der Waals surface area contributed by atoms with Gasteiger partial charge in [-0.25, -0.2) is 4.98 Å². The summed E-state index contributed by atoms with van der Waals surface area (Å²) >= 11 is 6.31. The van der Waals surface area contributed by atoms with Crippen LogP contribution >= 0.6 is 11.6 Å². The molecular formula is C15H24ClN3O. The number of aromatic nitrogens is 1. The average molecular weight is 298 g/mol. The SMILES string of the molecule is Cc1c(Cl)c(NC(C)(C)C)nc(NC(C)(C)C)c1C=O. The third kappa shape index (κ3) is 4.37. The molecule has 20 heavy (non-hydrogen) atoms. The molecular weight excluding hydrogens is 274 g/mol. The second-order valence-electron chi connectivity index (χ2n) is 7.03. The fourth-order valence-corrected chi connectivity index (χ4v) is 1.92. The predicted octanol–water partition coefficient (Wildman–Crippen LogP) is 4.28. The van der Waals surface area contributed by atoms with Gasteiger partial charge in [0.25, 0.3) is 0 Å². The molecule has 0 aliphatic carbocycles. The summed E-state index contributed by atoms with van der Waals surface area (Å²) in [7, 11) is 0. The van der Waals surface area contributed by atoms with Crippen molar-refractivity contribution in [1.82, 2.24) is 4.98 Å². The molecule has 0 radical (unpaired) electrons. The van der Waals surface area contributed by atoms with Gasteiger partial charge >= 0.3 is 0 Å². The van der Waals surface area contributed by atoms with E-state index in [1.54, 1.807) is 0 Å². The molecule has 2 N–H and O–H groups in total. The van der Waals surface area contributed by atoms with E-state index in [1.807, 2.05) is 48.5 Å². The van der Waals surface area contributed by atoms with E-state index in [1.165, 1.54) is 0 Å². The highest BCUT2D eigenvalue weighted by Crippen LogP contribution is 2.32. The monoisotopic (exact) mass is 297 g/mol. The maximum atomic E-state index is 11.3. The van der Waals surface area contributed by atoms with Gasteiger partial charge in [0, 0.05) is 11.1 Å². The lowest BCUT2D eigenvalue weighted by atomic mass is 10.1. The lowest BCUT2D eigenvalue weighted by molar-refractivity contribution is 0.112. The zero-order valence-electron chi connectivity index (χ0n) is 13.3. The minimum Gasteiger partial charge on any atom is -0.365 e. The molecule has 0 unspecified atom stereocenters. The Bertz CT molecular complexity index is 513. The van der Waals surface area contributed by atoms with Crippen molar-refractivity contribution in [2.24, 2.45) is 0 Å². The number of anilines is 2. The Balaban J connectivity index is 3.39. The normalized spacial score (nSPS) is 12.2. The van der Waals surface area contributed by atoms with Gasteiger partial charge in [-0.3, -0.25) is 4.79 Å². The van der Waals surface area contributed by atoms with E-state index in [9.17, 15) is 4.79 Å². The second kappa shape index (κ2) is 5.60. The van der Waals surface area contributed by atoms with Crippen LogP contribution in [-0.4, -0.2) is 22.3 Å². The van der Waals surface area contributed by atoms with E-state index in [4.69, 9.17) is 11.6 Å². The predicted molar refractivity (Wildman–Crippen MR) is 86.1 cm³/mol. The molecule has 0 fully saturated rings. The first-order valence-electron chi connectivity index (χ1n) is 6.66. The summed E-state index contributed by atoms with van der Waals surface area (Å²) in [5, 5.41) is 7.01. The molecule has 1 aromatic heterocycles. The van der Waals surface area contributed by atoms with Crippen LogP contribution in [0.5, 0.6) is 0 Å². The highest BCUT2D eigenvalue weighted by molar-refractivity contribution is 6.34. The van der Waals surface area contributed by atoms with E-state index in [2.05, 4.69) is 15.6 Å². The third-order valence-electron chi connectivity index (χ3n) is 2.52. The minimum atomic E-state index is -0.190. The molecule has 0 atom stereocenters. The molecule has 112 valence electrons. The molecule has 0 aliphatic rings. The van der Waals surface area contributed by atoms with Crippen molar-refractivity contribution in [2.45, 2.75) is 59.5 Å². The highest BCUT2D eigenvalue weighted by Gasteiger charge is 2.21. The summed E-state index contributed by atoms with van der Waals surface area (Å²) in [6, 6.07) is 0. The molecule has 0 aromatic carbocycles. The van der Waals surface area contributed by atoms with Gasteiger partial charge in [-0.2, -0.15) is 0 Å². The molecule has 0 amide bonds. The molecule has 1 rings (SSSR count). The second-order valence-corrected chi connectivity index (χ2v) is 7.41. The van der Waals surface area contributed by atoms with Crippen molar-refractivity contribution in [3.8, 4) is 0 Å². The fourth-order valence-electron chi connectivity index (χ4n) is 1.73. The van der Waals surface area contributed by atoms with Crippen LogP contribution in [0.25, 0.3) is 0 Å². The molecule has 0 saturated heterocycles. The Kier molecular flexibility index (Phi) is 4.70. The van der Waals surface area contributed by atoms with Gasteiger partial charge in [0.05, 0.1) is 10.6 Å². The van der Waals surface area contributed by atoms with Gasteiger partial charge in [-0.05, 0) is 54.0 Å². The summed E-state index contributed by atoms with van der Waals surface area (Å²) < 4.78 is 0. The van der Waals surface area contributed by atoms with Crippen molar-refractivity contribution in [3.05, 3.63) is 16.1 Å². The van der Waals surface area contributed by atoms with Crippen LogP contribution in [-0.2, 0) is 0 Å². The number of carbonyl (C=O) groups excluding carboxylic acids is 1. The summed E-state index contributed by atoms with van der Waals surface area (Å²) in [5.41, 5.74) is 0.883. The standard InChI is InChI=1S/C15H24ClN3O/c1-9-10(8-20)12(18-14(2,3)4)17-13(11(9)16)19-15(5,6)7/h8H,1-7H3,(H2,17,18,19). The first-order chi connectivity index (χ1) is 8.94. The molecule has 0 aliphatic heterocycles. The van der Waals surface area contributed by atoms with Crippen LogP contribution < -0.4 is 10.6 Å². The Morgan fingerprint density at radius 1 is 1.00 bits per heavy atom. The summed E-state index contributed by atoms with van der Waals surface area (Å²) in [6.07, 6.45) is 0.795. The largest absolute Gasteiger partial charge is 0.365 e. The van der Waals surface area contributed by atoms with Crippen molar-refractivity contribution >= 4 is 29.5 Å². The van der Waals surface area contributed by atoms with Gasteiger partial charge in [-0.15, -0.1) is 0 Å². The Morgan fingerprint density at radius 3 is 1.85 bits per heavy atom.